The second kappa shape index (κ2) is 6.15. The van der Waals surface area contributed by atoms with Crippen molar-refractivity contribution >= 4 is 33.2 Å². The zero-order valence-corrected chi connectivity index (χ0v) is 13.1. The Hall–Kier alpha value is -0.400. The summed E-state index contributed by atoms with van der Waals surface area (Å²) in [5.74, 6) is -0.988. The number of benzene rings is 1. The van der Waals surface area contributed by atoms with Crippen LogP contribution in [0.1, 0.15) is 12.5 Å². The van der Waals surface area contributed by atoms with Crippen molar-refractivity contribution < 1.29 is 17.5 Å². The first-order valence-electron chi connectivity index (χ1n) is 6.02. The molecule has 112 valence electrons. The highest BCUT2D eigenvalue weighted by atomic mass is 35.5. The predicted octanol–water partition coefficient (Wildman–Crippen LogP) is 2.63. The van der Waals surface area contributed by atoms with Crippen molar-refractivity contribution in [2.75, 3.05) is 19.7 Å². The van der Waals surface area contributed by atoms with Crippen molar-refractivity contribution in [2.24, 2.45) is 0 Å². The molecule has 1 aromatic carbocycles. The first-order chi connectivity index (χ1) is 9.36. The third-order valence-corrected chi connectivity index (χ3v) is 5.42. The van der Waals surface area contributed by atoms with Crippen LogP contribution in [-0.2, 0) is 20.6 Å². The molecule has 0 saturated carbocycles. The van der Waals surface area contributed by atoms with Crippen LogP contribution in [0.2, 0.25) is 5.02 Å². The number of alkyl halides is 1. The monoisotopic (exact) mass is 341 g/mol. The number of halogens is 3. The van der Waals surface area contributed by atoms with Gasteiger partial charge in [-0.25, -0.2) is 12.8 Å². The Bertz CT molecular complexity index is 609. The molecule has 0 N–H and O–H groups in total. The van der Waals surface area contributed by atoms with Gasteiger partial charge in [-0.05, 0) is 19.1 Å². The summed E-state index contributed by atoms with van der Waals surface area (Å²) in [7, 11) is -3.95. The van der Waals surface area contributed by atoms with Crippen molar-refractivity contribution in [3.63, 3.8) is 0 Å². The minimum Gasteiger partial charge on any atom is -0.376 e. The topological polar surface area (TPSA) is 46.6 Å². The van der Waals surface area contributed by atoms with Gasteiger partial charge in [0.05, 0.1) is 18.6 Å². The van der Waals surface area contributed by atoms with E-state index in [4.69, 9.17) is 27.9 Å². The Kier molecular flexibility index (Phi) is 4.92. The third-order valence-electron chi connectivity index (χ3n) is 3.04. The smallest absolute Gasteiger partial charge is 0.246 e. The Morgan fingerprint density at radius 1 is 1.50 bits per heavy atom. The summed E-state index contributed by atoms with van der Waals surface area (Å²) in [6.07, 6.45) is -0.228. The second-order valence-corrected chi connectivity index (χ2v) is 7.17. The molecule has 0 aromatic heterocycles. The SMILES string of the molecule is CC1CN(S(=O)(=O)c2cc(Cl)cc(CCl)c2F)CCO1. The van der Waals surface area contributed by atoms with E-state index in [1.54, 1.807) is 6.92 Å². The molecule has 0 spiro atoms. The number of nitrogens with zero attached hydrogens (tertiary/aromatic N) is 1. The van der Waals surface area contributed by atoms with Crippen LogP contribution in [0.25, 0.3) is 0 Å². The van der Waals surface area contributed by atoms with Crippen molar-refractivity contribution in [1.82, 2.24) is 4.31 Å². The average molecular weight is 342 g/mol. The van der Waals surface area contributed by atoms with Crippen molar-refractivity contribution in [2.45, 2.75) is 23.8 Å². The van der Waals surface area contributed by atoms with Gasteiger partial charge in [0.2, 0.25) is 10.0 Å². The van der Waals surface area contributed by atoms with E-state index in [9.17, 15) is 12.8 Å². The van der Waals surface area contributed by atoms with Gasteiger partial charge in [-0.15, -0.1) is 11.6 Å². The van der Waals surface area contributed by atoms with Crippen LogP contribution in [0.3, 0.4) is 0 Å². The van der Waals surface area contributed by atoms with E-state index in [0.717, 1.165) is 6.07 Å². The molecule has 1 aliphatic heterocycles. The molecule has 1 aliphatic rings. The van der Waals surface area contributed by atoms with E-state index >= 15 is 0 Å². The molecule has 1 unspecified atom stereocenters. The molecular formula is C12H14Cl2FNO3S. The average Bonchev–Trinajstić information content (AvgIpc) is 2.40. The van der Waals surface area contributed by atoms with Gasteiger partial charge >= 0.3 is 0 Å². The van der Waals surface area contributed by atoms with Gasteiger partial charge in [-0.1, -0.05) is 11.6 Å². The second-order valence-electron chi connectivity index (χ2n) is 4.56. The van der Waals surface area contributed by atoms with E-state index in [1.165, 1.54) is 10.4 Å². The fourth-order valence-electron chi connectivity index (χ4n) is 2.05. The predicted molar refractivity (Wildman–Crippen MR) is 75.1 cm³/mol. The number of rotatable bonds is 3. The van der Waals surface area contributed by atoms with Crippen LogP contribution >= 0.6 is 23.2 Å². The number of ether oxygens (including phenoxy) is 1. The lowest BCUT2D eigenvalue weighted by Gasteiger charge is -2.30. The number of sulfonamides is 1. The van der Waals surface area contributed by atoms with Crippen molar-refractivity contribution in [3.8, 4) is 0 Å². The molecule has 0 bridgehead atoms. The molecular weight excluding hydrogens is 328 g/mol. The van der Waals surface area contributed by atoms with Crippen LogP contribution < -0.4 is 0 Å². The highest BCUT2D eigenvalue weighted by Crippen LogP contribution is 2.28. The lowest BCUT2D eigenvalue weighted by atomic mass is 10.2. The lowest BCUT2D eigenvalue weighted by Crippen LogP contribution is -2.44. The van der Waals surface area contributed by atoms with Gasteiger partial charge in [0.25, 0.3) is 0 Å². The normalized spacial score (nSPS) is 21.1. The molecule has 20 heavy (non-hydrogen) atoms. The van der Waals surface area contributed by atoms with E-state index in [-0.39, 0.29) is 42.3 Å². The van der Waals surface area contributed by atoms with Gasteiger partial charge in [-0.2, -0.15) is 4.31 Å². The summed E-state index contributed by atoms with van der Waals surface area (Å²) in [6, 6.07) is 2.44. The quantitative estimate of drug-likeness (QED) is 0.794. The Morgan fingerprint density at radius 3 is 2.80 bits per heavy atom. The van der Waals surface area contributed by atoms with E-state index in [0.29, 0.717) is 0 Å². The molecule has 4 nitrogen and oxygen atoms in total. The zero-order valence-electron chi connectivity index (χ0n) is 10.8. The Morgan fingerprint density at radius 2 is 2.20 bits per heavy atom. The van der Waals surface area contributed by atoms with Gasteiger partial charge < -0.3 is 4.74 Å². The molecule has 0 aliphatic carbocycles. The first-order valence-corrected chi connectivity index (χ1v) is 8.37. The molecule has 1 heterocycles. The standard InChI is InChI=1S/C12H14Cl2FNO3S/c1-8-7-16(2-3-19-8)20(17,18)11-5-10(14)4-9(6-13)12(11)15/h4-5,8H,2-3,6-7H2,1H3. The molecule has 8 heteroatoms. The van der Waals surface area contributed by atoms with E-state index in [2.05, 4.69) is 0 Å². The molecule has 2 rings (SSSR count). The van der Waals surface area contributed by atoms with Gasteiger partial charge in [0.15, 0.2) is 0 Å². The largest absolute Gasteiger partial charge is 0.376 e. The summed E-state index contributed by atoms with van der Waals surface area (Å²) in [5, 5.41) is 0.141. The maximum Gasteiger partial charge on any atom is 0.246 e. The number of hydrogen-bond donors (Lipinski definition) is 0. The molecule has 0 amide bonds. The summed E-state index contributed by atoms with van der Waals surface area (Å²) in [4.78, 5) is -0.435. The van der Waals surface area contributed by atoms with Gasteiger partial charge in [-0.3, -0.25) is 0 Å². The number of hydrogen-bond acceptors (Lipinski definition) is 3. The summed E-state index contributed by atoms with van der Waals surface area (Å²) in [5.41, 5.74) is 0.0686. The van der Waals surface area contributed by atoms with E-state index in [1.807, 2.05) is 0 Å². The third kappa shape index (κ3) is 3.09. The molecule has 0 radical (unpaired) electrons. The first kappa shape index (κ1) is 16.0. The minimum atomic E-state index is -3.95. The molecule has 1 saturated heterocycles. The van der Waals surface area contributed by atoms with Crippen LogP contribution in [0.4, 0.5) is 4.39 Å². The van der Waals surface area contributed by atoms with E-state index < -0.39 is 20.7 Å². The lowest BCUT2D eigenvalue weighted by molar-refractivity contribution is 0.0101. The number of morpholine rings is 1. The maximum absolute atomic E-state index is 14.2. The fourth-order valence-corrected chi connectivity index (χ4v) is 4.18. The van der Waals surface area contributed by atoms with Crippen molar-refractivity contribution in [1.29, 1.82) is 0 Å². The summed E-state index contributed by atoms with van der Waals surface area (Å²) >= 11 is 11.4. The maximum atomic E-state index is 14.2. The molecule has 1 atom stereocenters. The summed E-state index contributed by atoms with van der Waals surface area (Å²) in [6.45, 7) is 2.42. The van der Waals surface area contributed by atoms with Crippen LogP contribution in [0.5, 0.6) is 0 Å². The van der Waals surface area contributed by atoms with Crippen LogP contribution in [0.15, 0.2) is 17.0 Å². The Labute approximate surface area is 127 Å². The fraction of sp³-hybridized carbons (Fsp3) is 0.500. The zero-order chi connectivity index (χ0) is 14.9. The Balaban J connectivity index is 2.46. The highest BCUT2D eigenvalue weighted by Gasteiger charge is 2.32. The molecule has 1 aromatic rings. The minimum absolute atomic E-state index is 0.0686. The van der Waals surface area contributed by atoms with Crippen LogP contribution in [-0.4, -0.2) is 38.5 Å². The molecule has 1 fully saturated rings. The summed E-state index contributed by atoms with van der Waals surface area (Å²) < 4.78 is 45.7. The van der Waals surface area contributed by atoms with Gasteiger partial charge in [0, 0.05) is 23.7 Å². The van der Waals surface area contributed by atoms with Gasteiger partial charge in [0.1, 0.15) is 10.7 Å². The van der Waals surface area contributed by atoms with Crippen molar-refractivity contribution in [3.05, 3.63) is 28.5 Å². The van der Waals surface area contributed by atoms with Crippen LogP contribution in [0, 0.1) is 5.82 Å². The highest BCUT2D eigenvalue weighted by molar-refractivity contribution is 7.89.